The molecule has 0 aliphatic carbocycles. The van der Waals surface area contributed by atoms with Crippen LogP contribution in [0.5, 0.6) is 0 Å². The lowest BCUT2D eigenvalue weighted by molar-refractivity contribution is -0.137. The van der Waals surface area contributed by atoms with E-state index >= 15 is 0 Å². The van der Waals surface area contributed by atoms with E-state index in [4.69, 9.17) is 0 Å². The number of anilines is 1. The molecule has 3 nitrogen and oxygen atoms in total. The van der Waals surface area contributed by atoms with Gasteiger partial charge in [0.05, 0.1) is 5.56 Å². The van der Waals surface area contributed by atoms with E-state index < -0.39 is 11.7 Å². The molecule has 0 spiro atoms. The summed E-state index contributed by atoms with van der Waals surface area (Å²) in [6, 6.07) is 14.8. The third-order valence-corrected chi connectivity index (χ3v) is 4.86. The molecule has 0 unspecified atom stereocenters. The number of aromatic nitrogens is 1. The number of halogens is 3. The van der Waals surface area contributed by atoms with Crippen LogP contribution in [-0.4, -0.2) is 10.9 Å². The summed E-state index contributed by atoms with van der Waals surface area (Å²) in [6.07, 6.45) is -1.22. The van der Waals surface area contributed by atoms with Crippen LogP contribution in [0.15, 0.2) is 60.8 Å². The summed E-state index contributed by atoms with van der Waals surface area (Å²) in [5.41, 5.74) is 1.19. The van der Waals surface area contributed by atoms with Crippen molar-refractivity contribution in [3.63, 3.8) is 0 Å². The maximum atomic E-state index is 12.6. The number of nitrogens with zero attached hydrogens (tertiary/aromatic N) is 1. The molecule has 0 bridgehead atoms. The van der Waals surface area contributed by atoms with Gasteiger partial charge in [0.25, 0.3) is 0 Å². The van der Waals surface area contributed by atoms with Gasteiger partial charge in [-0.15, -0.1) is 11.3 Å². The maximum absolute atomic E-state index is 12.6. The molecular weight excluding hydrogens is 373 g/mol. The molecule has 27 heavy (non-hydrogen) atoms. The first-order valence-electron chi connectivity index (χ1n) is 8.35. The predicted octanol–water partition coefficient (Wildman–Crippen LogP) is 5.32. The topological polar surface area (TPSA) is 42.0 Å². The molecule has 0 saturated carbocycles. The second-order valence-corrected chi connectivity index (χ2v) is 7.15. The van der Waals surface area contributed by atoms with E-state index in [0.29, 0.717) is 24.4 Å². The lowest BCUT2D eigenvalue weighted by Gasteiger charge is -2.06. The Balaban J connectivity index is 1.53. The Bertz CT molecular complexity index is 890. The molecule has 0 radical (unpaired) electrons. The lowest BCUT2D eigenvalue weighted by atomic mass is 10.1. The fourth-order valence-electron chi connectivity index (χ4n) is 2.54. The van der Waals surface area contributed by atoms with Gasteiger partial charge in [-0.05, 0) is 29.7 Å². The summed E-state index contributed by atoms with van der Waals surface area (Å²) < 4.78 is 37.8. The molecule has 1 aromatic heterocycles. The van der Waals surface area contributed by atoms with E-state index in [0.717, 1.165) is 28.1 Å². The molecule has 0 aliphatic heterocycles. The number of carbonyl (C=O) groups is 1. The number of rotatable bonds is 6. The number of hydrogen-bond donors (Lipinski definition) is 1. The van der Waals surface area contributed by atoms with Gasteiger partial charge in [-0.2, -0.15) is 13.2 Å². The van der Waals surface area contributed by atoms with E-state index in [1.807, 2.05) is 30.3 Å². The number of nitrogens with one attached hydrogen (secondary N) is 1. The number of aryl methyl sites for hydroxylation is 1. The average Bonchev–Trinajstić information content (AvgIpc) is 3.07. The second kappa shape index (κ2) is 8.35. The van der Waals surface area contributed by atoms with Crippen LogP contribution in [-0.2, 0) is 23.8 Å². The quantitative estimate of drug-likeness (QED) is 0.619. The zero-order chi connectivity index (χ0) is 19.3. The second-order valence-electron chi connectivity index (χ2n) is 6.04. The zero-order valence-electron chi connectivity index (χ0n) is 14.3. The van der Waals surface area contributed by atoms with Gasteiger partial charge in [-0.25, -0.2) is 4.98 Å². The van der Waals surface area contributed by atoms with Crippen molar-refractivity contribution in [2.24, 2.45) is 0 Å². The first-order valence-corrected chi connectivity index (χ1v) is 9.16. The summed E-state index contributed by atoms with van der Waals surface area (Å²) in [5.74, 6) is -0.116. The summed E-state index contributed by atoms with van der Waals surface area (Å²) in [6.45, 7) is 0. The van der Waals surface area contributed by atoms with Gasteiger partial charge in [0.2, 0.25) is 5.91 Å². The molecule has 7 heteroatoms. The van der Waals surface area contributed by atoms with Gasteiger partial charge >= 0.3 is 6.18 Å². The van der Waals surface area contributed by atoms with Crippen LogP contribution in [0.1, 0.15) is 28.0 Å². The summed E-state index contributed by atoms with van der Waals surface area (Å²) in [5, 5.41) is 3.26. The first kappa shape index (κ1) is 19.1. The van der Waals surface area contributed by atoms with E-state index in [1.54, 1.807) is 6.20 Å². The van der Waals surface area contributed by atoms with Crippen LogP contribution in [0, 0.1) is 0 Å². The van der Waals surface area contributed by atoms with Gasteiger partial charge in [-0.1, -0.05) is 42.5 Å². The molecule has 1 heterocycles. The predicted molar refractivity (Wildman–Crippen MR) is 99.8 cm³/mol. The highest BCUT2D eigenvalue weighted by molar-refractivity contribution is 7.15. The van der Waals surface area contributed by atoms with Crippen molar-refractivity contribution in [2.75, 3.05) is 5.32 Å². The molecule has 0 saturated heterocycles. The van der Waals surface area contributed by atoms with Gasteiger partial charge < -0.3 is 5.32 Å². The number of thiazole rings is 1. The van der Waals surface area contributed by atoms with E-state index in [1.165, 1.54) is 23.5 Å². The van der Waals surface area contributed by atoms with Crippen LogP contribution < -0.4 is 5.32 Å². The van der Waals surface area contributed by atoms with Crippen LogP contribution >= 0.6 is 11.3 Å². The van der Waals surface area contributed by atoms with Crippen molar-refractivity contribution in [1.29, 1.82) is 0 Å². The largest absolute Gasteiger partial charge is 0.416 e. The first-order chi connectivity index (χ1) is 12.9. The molecule has 0 atom stereocenters. The van der Waals surface area contributed by atoms with Crippen LogP contribution in [0.3, 0.4) is 0 Å². The molecule has 2 aromatic carbocycles. The highest BCUT2D eigenvalue weighted by Gasteiger charge is 2.29. The van der Waals surface area contributed by atoms with Crippen LogP contribution in [0.2, 0.25) is 0 Å². The summed E-state index contributed by atoms with van der Waals surface area (Å²) in [4.78, 5) is 17.1. The van der Waals surface area contributed by atoms with E-state index in [-0.39, 0.29) is 5.91 Å². The molecule has 3 aromatic rings. The highest BCUT2D eigenvalue weighted by Crippen LogP contribution is 2.30. The van der Waals surface area contributed by atoms with E-state index in [9.17, 15) is 18.0 Å². The maximum Gasteiger partial charge on any atom is 0.416 e. The minimum absolute atomic E-state index is 0.116. The minimum Gasteiger partial charge on any atom is -0.302 e. The SMILES string of the molecule is O=C(CCc1ccccc1)Nc1ncc(Cc2ccc(C(F)(F)F)cc2)s1. The van der Waals surface area contributed by atoms with Crippen LogP contribution in [0.4, 0.5) is 18.3 Å². The normalized spacial score (nSPS) is 11.4. The Labute approximate surface area is 158 Å². The van der Waals surface area contributed by atoms with E-state index in [2.05, 4.69) is 10.3 Å². The highest BCUT2D eigenvalue weighted by atomic mass is 32.1. The Hall–Kier alpha value is -2.67. The smallest absolute Gasteiger partial charge is 0.302 e. The van der Waals surface area contributed by atoms with Gasteiger partial charge in [0, 0.05) is 23.9 Å². The van der Waals surface area contributed by atoms with Crippen LogP contribution in [0.25, 0.3) is 0 Å². The molecule has 3 rings (SSSR count). The van der Waals surface area contributed by atoms with Crippen molar-refractivity contribution in [3.05, 3.63) is 82.4 Å². The Morgan fingerprint density at radius 1 is 1.00 bits per heavy atom. The van der Waals surface area contributed by atoms with Crippen molar-refractivity contribution < 1.29 is 18.0 Å². The molecule has 0 fully saturated rings. The fourth-order valence-corrected chi connectivity index (χ4v) is 3.41. The van der Waals surface area contributed by atoms with Crippen molar-refractivity contribution in [3.8, 4) is 0 Å². The molecule has 1 amide bonds. The van der Waals surface area contributed by atoms with Crippen molar-refractivity contribution in [1.82, 2.24) is 4.98 Å². The standard InChI is InChI=1S/C20H17F3N2OS/c21-20(22,23)16-9-6-15(7-10-16)12-17-13-24-19(27-17)25-18(26)11-8-14-4-2-1-3-5-14/h1-7,9-10,13H,8,11-12H2,(H,24,25,26). The molecular formula is C20H17F3N2OS. The number of alkyl halides is 3. The number of hydrogen-bond acceptors (Lipinski definition) is 3. The Morgan fingerprint density at radius 2 is 1.70 bits per heavy atom. The average molecular weight is 390 g/mol. The fraction of sp³-hybridized carbons (Fsp3) is 0.200. The molecule has 0 aliphatic rings. The Morgan fingerprint density at radius 3 is 2.37 bits per heavy atom. The lowest BCUT2D eigenvalue weighted by Crippen LogP contribution is -2.11. The molecule has 1 N–H and O–H groups in total. The third-order valence-electron chi connectivity index (χ3n) is 3.94. The van der Waals surface area contributed by atoms with Gasteiger partial charge in [0.15, 0.2) is 5.13 Å². The number of carbonyl (C=O) groups excluding carboxylic acids is 1. The van der Waals surface area contributed by atoms with Crippen molar-refractivity contribution in [2.45, 2.75) is 25.4 Å². The monoisotopic (exact) mass is 390 g/mol. The minimum atomic E-state index is -4.33. The summed E-state index contributed by atoms with van der Waals surface area (Å²) in [7, 11) is 0. The van der Waals surface area contributed by atoms with Gasteiger partial charge in [-0.3, -0.25) is 4.79 Å². The van der Waals surface area contributed by atoms with Gasteiger partial charge in [0.1, 0.15) is 0 Å². The zero-order valence-corrected chi connectivity index (χ0v) is 15.1. The third kappa shape index (κ3) is 5.65. The Kier molecular flexibility index (Phi) is 5.91. The number of amides is 1. The number of benzene rings is 2. The van der Waals surface area contributed by atoms with Crippen molar-refractivity contribution >= 4 is 22.4 Å². The molecule has 140 valence electrons. The summed E-state index contributed by atoms with van der Waals surface area (Å²) >= 11 is 1.32.